The van der Waals surface area contributed by atoms with E-state index in [0.717, 1.165) is 0 Å². The third-order valence-corrected chi connectivity index (χ3v) is 3.10. The molecule has 0 aromatic carbocycles. The Morgan fingerprint density at radius 3 is 2.75 bits per heavy atom. The van der Waals surface area contributed by atoms with Crippen LogP contribution < -0.4 is 10.6 Å². The monoisotopic (exact) mass is 188 g/mol. The van der Waals surface area contributed by atoms with Crippen LogP contribution in [-0.2, 0) is 4.79 Å². The zero-order valence-corrected chi connectivity index (χ0v) is 8.25. The number of rotatable bonds is 3. The van der Waals surface area contributed by atoms with Gasteiger partial charge in [0.15, 0.2) is 0 Å². The standard InChI is InChI=1S/C8H16N2OS/c1-9-8(11)6-10-7-2-4-12-5-3-7/h7,10H,2-6H2,1H3,(H,9,11). The van der Waals surface area contributed by atoms with Crippen LogP contribution in [0.2, 0.25) is 0 Å². The van der Waals surface area contributed by atoms with Gasteiger partial charge >= 0.3 is 0 Å². The van der Waals surface area contributed by atoms with Crippen molar-refractivity contribution in [2.45, 2.75) is 18.9 Å². The third kappa shape index (κ3) is 3.45. The van der Waals surface area contributed by atoms with E-state index in [9.17, 15) is 4.79 Å². The summed E-state index contributed by atoms with van der Waals surface area (Å²) in [6.45, 7) is 0.464. The van der Waals surface area contributed by atoms with E-state index >= 15 is 0 Å². The minimum atomic E-state index is 0.0771. The van der Waals surface area contributed by atoms with Crippen molar-refractivity contribution in [1.29, 1.82) is 0 Å². The smallest absolute Gasteiger partial charge is 0.233 e. The fraction of sp³-hybridized carbons (Fsp3) is 0.875. The molecule has 1 rings (SSSR count). The highest BCUT2D eigenvalue weighted by molar-refractivity contribution is 7.99. The molecule has 1 amide bonds. The van der Waals surface area contributed by atoms with Crippen molar-refractivity contribution >= 4 is 17.7 Å². The van der Waals surface area contributed by atoms with Gasteiger partial charge in [0.25, 0.3) is 0 Å². The Morgan fingerprint density at radius 2 is 2.17 bits per heavy atom. The Balaban J connectivity index is 2.09. The maximum atomic E-state index is 10.9. The summed E-state index contributed by atoms with van der Waals surface area (Å²) in [6.07, 6.45) is 2.39. The highest BCUT2D eigenvalue weighted by Crippen LogP contribution is 2.16. The number of likely N-dealkylation sites (N-methyl/N-ethyl adjacent to an activating group) is 1. The molecule has 1 aliphatic rings. The molecule has 1 fully saturated rings. The average Bonchev–Trinajstić information content (AvgIpc) is 2.16. The molecule has 1 heterocycles. The van der Waals surface area contributed by atoms with Crippen LogP contribution in [-0.4, -0.2) is 37.0 Å². The summed E-state index contributed by atoms with van der Waals surface area (Å²) >= 11 is 2.00. The van der Waals surface area contributed by atoms with Crippen molar-refractivity contribution in [2.75, 3.05) is 25.1 Å². The summed E-state index contributed by atoms with van der Waals surface area (Å²) in [5, 5.41) is 5.84. The van der Waals surface area contributed by atoms with Crippen LogP contribution in [0.25, 0.3) is 0 Å². The predicted octanol–water partition coefficient (Wildman–Crippen LogP) is 0.218. The summed E-state index contributed by atoms with van der Waals surface area (Å²) in [5.41, 5.74) is 0. The van der Waals surface area contributed by atoms with E-state index in [1.54, 1.807) is 7.05 Å². The van der Waals surface area contributed by atoms with Gasteiger partial charge in [-0.05, 0) is 24.3 Å². The van der Waals surface area contributed by atoms with Crippen LogP contribution in [0, 0.1) is 0 Å². The number of carbonyl (C=O) groups excluding carboxylic acids is 1. The molecule has 0 bridgehead atoms. The first kappa shape index (κ1) is 9.86. The fourth-order valence-electron chi connectivity index (χ4n) is 1.23. The molecular formula is C8H16N2OS. The fourth-order valence-corrected chi connectivity index (χ4v) is 2.33. The molecule has 0 aromatic rings. The first-order chi connectivity index (χ1) is 5.83. The van der Waals surface area contributed by atoms with Crippen LogP contribution in [0.1, 0.15) is 12.8 Å². The third-order valence-electron chi connectivity index (χ3n) is 2.05. The minimum absolute atomic E-state index is 0.0771. The van der Waals surface area contributed by atoms with Gasteiger partial charge in [0.05, 0.1) is 6.54 Å². The molecule has 0 spiro atoms. The molecule has 4 heteroatoms. The summed E-state index contributed by atoms with van der Waals surface area (Å²) < 4.78 is 0. The second-order valence-corrected chi connectivity index (χ2v) is 4.17. The number of nitrogens with one attached hydrogen (secondary N) is 2. The Hall–Kier alpha value is -0.220. The topological polar surface area (TPSA) is 41.1 Å². The van der Waals surface area contributed by atoms with Crippen LogP contribution >= 0.6 is 11.8 Å². The van der Waals surface area contributed by atoms with Gasteiger partial charge in [-0.2, -0.15) is 11.8 Å². The van der Waals surface area contributed by atoms with Crippen LogP contribution in [0.4, 0.5) is 0 Å². The van der Waals surface area contributed by atoms with Gasteiger partial charge < -0.3 is 10.6 Å². The van der Waals surface area contributed by atoms with Crippen LogP contribution in [0.5, 0.6) is 0 Å². The average molecular weight is 188 g/mol. The summed E-state index contributed by atoms with van der Waals surface area (Å²) in [6, 6.07) is 0.559. The molecule has 1 saturated heterocycles. The van der Waals surface area contributed by atoms with Crippen molar-refractivity contribution in [2.24, 2.45) is 0 Å². The molecule has 12 heavy (non-hydrogen) atoms. The van der Waals surface area contributed by atoms with Gasteiger partial charge in [0, 0.05) is 13.1 Å². The Bertz CT molecular complexity index is 146. The van der Waals surface area contributed by atoms with E-state index in [-0.39, 0.29) is 5.91 Å². The van der Waals surface area contributed by atoms with Crippen molar-refractivity contribution in [3.8, 4) is 0 Å². The lowest BCUT2D eigenvalue weighted by Gasteiger charge is -2.21. The first-order valence-corrected chi connectivity index (χ1v) is 5.50. The van der Waals surface area contributed by atoms with Gasteiger partial charge in [0.1, 0.15) is 0 Å². The van der Waals surface area contributed by atoms with Crippen molar-refractivity contribution in [3.63, 3.8) is 0 Å². The Labute approximate surface area is 77.7 Å². The molecule has 0 saturated carbocycles. The second-order valence-electron chi connectivity index (χ2n) is 2.94. The first-order valence-electron chi connectivity index (χ1n) is 4.34. The lowest BCUT2D eigenvalue weighted by Crippen LogP contribution is -2.39. The maximum absolute atomic E-state index is 10.9. The maximum Gasteiger partial charge on any atom is 0.233 e. The number of carbonyl (C=O) groups is 1. The lowest BCUT2D eigenvalue weighted by molar-refractivity contribution is -0.119. The molecule has 0 aliphatic carbocycles. The van der Waals surface area contributed by atoms with Crippen molar-refractivity contribution in [1.82, 2.24) is 10.6 Å². The zero-order valence-electron chi connectivity index (χ0n) is 7.43. The van der Waals surface area contributed by atoms with Gasteiger partial charge in [-0.3, -0.25) is 4.79 Å². The number of amides is 1. The normalized spacial score (nSPS) is 19.1. The molecule has 1 aliphatic heterocycles. The Morgan fingerprint density at radius 1 is 1.50 bits per heavy atom. The quantitative estimate of drug-likeness (QED) is 0.665. The van der Waals surface area contributed by atoms with E-state index in [4.69, 9.17) is 0 Å². The molecule has 3 nitrogen and oxygen atoms in total. The summed E-state index contributed by atoms with van der Waals surface area (Å²) in [7, 11) is 1.67. The molecule has 70 valence electrons. The molecular weight excluding hydrogens is 172 g/mol. The zero-order chi connectivity index (χ0) is 8.81. The SMILES string of the molecule is CNC(=O)CNC1CCSCC1. The van der Waals surface area contributed by atoms with Gasteiger partial charge in [-0.15, -0.1) is 0 Å². The van der Waals surface area contributed by atoms with Crippen molar-refractivity contribution < 1.29 is 4.79 Å². The second kappa shape index (κ2) is 5.43. The van der Waals surface area contributed by atoms with E-state index in [2.05, 4.69) is 10.6 Å². The van der Waals surface area contributed by atoms with E-state index in [1.165, 1.54) is 24.3 Å². The predicted molar refractivity (Wildman–Crippen MR) is 52.4 cm³/mol. The highest BCUT2D eigenvalue weighted by Gasteiger charge is 2.13. The Kier molecular flexibility index (Phi) is 4.46. The van der Waals surface area contributed by atoms with Crippen LogP contribution in [0.3, 0.4) is 0 Å². The number of hydrogen-bond acceptors (Lipinski definition) is 3. The molecule has 2 N–H and O–H groups in total. The molecule has 0 radical (unpaired) electrons. The van der Waals surface area contributed by atoms with E-state index < -0.39 is 0 Å². The minimum Gasteiger partial charge on any atom is -0.358 e. The van der Waals surface area contributed by atoms with Gasteiger partial charge in [-0.1, -0.05) is 0 Å². The van der Waals surface area contributed by atoms with E-state index in [1.807, 2.05) is 11.8 Å². The van der Waals surface area contributed by atoms with Crippen molar-refractivity contribution in [3.05, 3.63) is 0 Å². The number of hydrogen-bond donors (Lipinski definition) is 2. The highest BCUT2D eigenvalue weighted by atomic mass is 32.2. The lowest BCUT2D eigenvalue weighted by atomic mass is 10.1. The van der Waals surface area contributed by atoms with Gasteiger partial charge in [-0.25, -0.2) is 0 Å². The summed E-state index contributed by atoms with van der Waals surface area (Å²) in [5.74, 6) is 2.53. The van der Waals surface area contributed by atoms with Crippen LogP contribution in [0.15, 0.2) is 0 Å². The molecule has 0 unspecified atom stereocenters. The largest absolute Gasteiger partial charge is 0.358 e. The molecule has 0 aromatic heterocycles. The number of thioether (sulfide) groups is 1. The van der Waals surface area contributed by atoms with E-state index in [0.29, 0.717) is 12.6 Å². The van der Waals surface area contributed by atoms with Gasteiger partial charge in [0.2, 0.25) is 5.91 Å². The summed E-state index contributed by atoms with van der Waals surface area (Å²) in [4.78, 5) is 10.9. The molecule has 0 atom stereocenters.